The molecule has 0 bridgehead atoms. The predicted octanol–water partition coefficient (Wildman–Crippen LogP) is 5.78. The summed E-state index contributed by atoms with van der Waals surface area (Å²) in [6, 6.07) is 8.16. The number of amides is 1. The maximum Gasteiger partial charge on any atom is 0.307 e. The van der Waals surface area contributed by atoms with Crippen LogP contribution in [0.1, 0.15) is 62.7 Å². The van der Waals surface area contributed by atoms with E-state index in [0.717, 1.165) is 62.9 Å². The third-order valence-electron chi connectivity index (χ3n) is 7.06. The van der Waals surface area contributed by atoms with Gasteiger partial charge < -0.3 is 14.4 Å². The lowest BCUT2D eigenvalue weighted by Gasteiger charge is -2.19. The minimum absolute atomic E-state index is 0.0634. The van der Waals surface area contributed by atoms with Crippen molar-refractivity contribution in [1.82, 2.24) is 9.88 Å². The zero-order chi connectivity index (χ0) is 24.7. The van der Waals surface area contributed by atoms with Gasteiger partial charge in [0.1, 0.15) is 0 Å². The van der Waals surface area contributed by atoms with E-state index in [2.05, 4.69) is 11.1 Å². The number of carboxylic acid groups (broad SMARTS) is 1. The van der Waals surface area contributed by atoms with Crippen LogP contribution in [0.2, 0.25) is 0 Å². The molecule has 3 aromatic rings. The molecule has 2 aliphatic rings. The normalized spacial score (nSPS) is 14.7. The molecule has 0 atom stereocenters. The third-order valence-corrected chi connectivity index (χ3v) is 7.06. The van der Waals surface area contributed by atoms with Crippen LogP contribution in [-0.2, 0) is 24.3 Å². The predicted molar refractivity (Wildman–Crippen MR) is 134 cm³/mol. The van der Waals surface area contributed by atoms with E-state index in [1.807, 2.05) is 57.2 Å². The summed E-state index contributed by atoms with van der Waals surface area (Å²) in [6.07, 6.45) is 9.26. The first-order valence-corrected chi connectivity index (χ1v) is 11.9. The fourth-order valence-electron chi connectivity index (χ4n) is 5.15. The van der Waals surface area contributed by atoms with Crippen LogP contribution in [0.4, 0.5) is 0 Å². The Balaban J connectivity index is 1.50. The molecule has 6 nitrogen and oxygen atoms in total. The second-order valence-corrected chi connectivity index (χ2v) is 9.35. The first-order chi connectivity index (χ1) is 16.8. The van der Waals surface area contributed by atoms with Gasteiger partial charge in [-0.2, -0.15) is 0 Å². The number of hydrogen-bond acceptors (Lipinski definition) is 4. The van der Waals surface area contributed by atoms with Gasteiger partial charge in [0.25, 0.3) is 5.91 Å². The maximum absolute atomic E-state index is 13.4. The van der Waals surface area contributed by atoms with Crippen LogP contribution < -0.4 is 0 Å². The number of oxazole rings is 1. The molecule has 5 rings (SSSR count). The Morgan fingerprint density at radius 1 is 1.06 bits per heavy atom. The van der Waals surface area contributed by atoms with Gasteiger partial charge in [-0.05, 0) is 72.6 Å². The lowest BCUT2D eigenvalue weighted by Crippen LogP contribution is -2.25. The highest BCUT2D eigenvalue weighted by atomic mass is 16.4. The molecule has 2 aromatic carbocycles. The minimum Gasteiger partial charge on any atom is -0.481 e. The number of nitrogens with zero attached hydrogens (tertiary/aromatic N) is 2. The van der Waals surface area contributed by atoms with Crippen LogP contribution in [0.15, 0.2) is 53.1 Å². The minimum atomic E-state index is -0.868. The molecule has 0 saturated carbocycles. The van der Waals surface area contributed by atoms with Gasteiger partial charge in [-0.25, -0.2) is 4.98 Å². The van der Waals surface area contributed by atoms with Crippen LogP contribution >= 0.6 is 0 Å². The van der Waals surface area contributed by atoms with Gasteiger partial charge in [-0.3, -0.25) is 9.59 Å². The van der Waals surface area contributed by atoms with Crippen LogP contribution in [0, 0.1) is 20.8 Å². The average Bonchev–Trinajstić information content (AvgIpc) is 3.52. The van der Waals surface area contributed by atoms with E-state index in [0.29, 0.717) is 19.0 Å². The summed E-state index contributed by atoms with van der Waals surface area (Å²) < 4.78 is 5.86. The number of fused-ring (bicyclic) bond motifs is 1. The lowest BCUT2D eigenvalue weighted by atomic mass is 9.84. The molecule has 1 aliphatic heterocycles. The van der Waals surface area contributed by atoms with Crippen molar-refractivity contribution in [3.63, 3.8) is 0 Å². The van der Waals surface area contributed by atoms with E-state index in [1.54, 1.807) is 4.90 Å². The Morgan fingerprint density at radius 3 is 2.43 bits per heavy atom. The van der Waals surface area contributed by atoms with Gasteiger partial charge in [0.2, 0.25) is 11.7 Å². The number of rotatable bonds is 5. The summed E-state index contributed by atoms with van der Waals surface area (Å²) in [4.78, 5) is 31.2. The molecular weight excluding hydrogens is 440 g/mol. The van der Waals surface area contributed by atoms with Gasteiger partial charge in [0, 0.05) is 18.7 Å². The van der Waals surface area contributed by atoms with Crippen LogP contribution in [0.25, 0.3) is 16.7 Å². The number of carbonyl (C=O) groups is 2. The quantitative estimate of drug-likeness (QED) is 0.513. The molecule has 0 unspecified atom stereocenters. The van der Waals surface area contributed by atoms with Crippen molar-refractivity contribution in [2.24, 2.45) is 0 Å². The molecule has 6 heteroatoms. The molecule has 2 heterocycles. The molecular formula is C29H28N2O4. The number of allylic oxidation sites excluding steroid dienone is 4. The number of aliphatic carboxylic acids is 1. The summed E-state index contributed by atoms with van der Waals surface area (Å²) in [5, 5.41) is 9.65. The molecule has 1 amide bonds. The highest BCUT2D eigenvalue weighted by Crippen LogP contribution is 2.40. The molecule has 0 radical (unpaired) electrons. The van der Waals surface area contributed by atoms with E-state index < -0.39 is 5.97 Å². The Labute approximate surface area is 204 Å². The van der Waals surface area contributed by atoms with E-state index >= 15 is 0 Å². The second-order valence-electron chi connectivity index (χ2n) is 9.35. The molecule has 35 heavy (non-hydrogen) atoms. The highest BCUT2D eigenvalue weighted by Gasteiger charge is 2.32. The Morgan fingerprint density at radius 2 is 1.77 bits per heavy atom. The fraction of sp³-hybridized carbons (Fsp3) is 0.276. The van der Waals surface area contributed by atoms with Crippen molar-refractivity contribution in [2.45, 2.75) is 53.1 Å². The van der Waals surface area contributed by atoms with Gasteiger partial charge in [0.05, 0.1) is 12.6 Å². The van der Waals surface area contributed by atoms with Gasteiger partial charge in [0.15, 0.2) is 0 Å². The lowest BCUT2D eigenvalue weighted by molar-refractivity contribution is -0.136. The van der Waals surface area contributed by atoms with Crippen LogP contribution in [0.5, 0.6) is 0 Å². The topological polar surface area (TPSA) is 83.6 Å². The zero-order valence-corrected chi connectivity index (χ0v) is 20.2. The third kappa shape index (κ3) is 4.20. The molecule has 0 fully saturated rings. The van der Waals surface area contributed by atoms with E-state index in [4.69, 9.17) is 4.42 Å². The zero-order valence-electron chi connectivity index (χ0n) is 20.2. The number of aromatic nitrogens is 1. The van der Waals surface area contributed by atoms with E-state index in [1.165, 1.54) is 6.20 Å². The van der Waals surface area contributed by atoms with Crippen LogP contribution in [-0.4, -0.2) is 26.9 Å². The van der Waals surface area contributed by atoms with Gasteiger partial charge in [-0.15, -0.1) is 0 Å². The number of carbonyl (C=O) groups excluding carboxylic acids is 1. The Bertz CT molecular complexity index is 1390. The van der Waals surface area contributed by atoms with Crippen molar-refractivity contribution in [2.75, 3.05) is 0 Å². The smallest absolute Gasteiger partial charge is 0.307 e. The summed E-state index contributed by atoms with van der Waals surface area (Å²) >= 11 is 0. The maximum atomic E-state index is 13.4. The number of carboxylic acids is 1. The highest BCUT2D eigenvalue weighted by molar-refractivity contribution is 5.92. The molecule has 0 spiro atoms. The summed E-state index contributed by atoms with van der Waals surface area (Å²) in [5.41, 5.74) is 8.98. The van der Waals surface area contributed by atoms with Crippen molar-refractivity contribution in [3.05, 3.63) is 93.7 Å². The number of benzene rings is 2. The SMILES string of the molecule is Cc1ccc(-c2c(C)c3c(c(C)c2CC(=O)O)CN(C(=O)c2cnc(C4=CC=CCC4)o2)C3)cc1. The molecule has 178 valence electrons. The fourth-order valence-corrected chi connectivity index (χ4v) is 5.15. The van der Waals surface area contributed by atoms with Gasteiger partial charge in [-0.1, -0.05) is 48.1 Å². The van der Waals surface area contributed by atoms with E-state index in [9.17, 15) is 14.7 Å². The van der Waals surface area contributed by atoms with Crippen molar-refractivity contribution in [1.29, 1.82) is 0 Å². The van der Waals surface area contributed by atoms with Crippen molar-refractivity contribution < 1.29 is 19.1 Å². The molecule has 0 saturated heterocycles. The van der Waals surface area contributed by atoms with E-state index in [-0.39, 0.29) is 18.1 Å². The molecule has 1 N–H and O–H groups in total. The molecule has 1 aromatic heterocycles. The monoisotopic (exact) mass is 468 g/mol. The summed E-state index contributed by atoms with van der Waals surface area (Å²) in [6.45, 7) is 6.90. The van der Waals surface area contributed by atoms with Crippen molar-refractivity contribution in [3.8, 4) is 11.1 Å². The second kappa shape index (κ2) is 9.02. The standard InChI is InChI=1S/C29H28N2O4/c1-17-9-11-20(12-10-17)27-19(3)24-16-31(15-23(24)18(2)22(27)13-26(32)33)29(34)25-14-30-28(35-25)21-7-5-4-6-8-21/h4-5,7,9-12,14H,6,8,13,15-16H2,1-3H3,(H,32,33). The van der Waals surface area contributed by atoms with Crippen molar-refractivity contribution >= 4 is 17.4 Å². The average molecular weight is 469 g/mol. The first kappa shape index (κ1) is 22.8. The summed E-state index contributed by atoms with van der Waals surface area (Å²) in [7, 11) is 0. The first-order valence-electron chi connectivity index (χ1n) is 11.9. The Kier molecular flexibility index (Phi) is 5.89. The summed E-state index contributed by atoms with van der Waals surface area (Å²) in [5.74, 6) is -0.356. The largest absolute Gasteiger partial charge is 0.481 e. The van der Waals surface area contributed by atoms with Gasteiger partial charge >= 0.3 is 5.97 Å². The number of hydrogen-bond donors (Lipinski definition) is 1. The Hall–Kier alpha value is -3.93. The molecule has 1 aliphatic carbocycles. The van der Waals surface area contributed by atoms with Crippen LogP contribution in [0.3, 0.4) is 0 Å². The number of aryl methyl sites for hydroxylation is 1.